The highest BCUT2D eigenvalue weighted by molar-refractivity contribution is 6.30. The predicted octanol–water partition coefficient (Wildman–Crippen LogP) is 1.88. The number of nitrogens with zero attached hydrogens (tertiary/aromatic N) is 1. The molecule has 0 saturated heterocycles. The molecule has 20 heavy (non-hydrogen) atoms. The van der Waals surface area contributed by atoms with Crippen molar-refractivity contribution in [1.82, 2.24) is 4.90 Å². The Morgan fingerprint density at radius 3 is 2.20 bits per heavy atom. The molecular formula is C14H18ClNO4. The van der Waals surface area contributed by atoms with E-state index >= 15 is 0 Å². The summed E-state index contributed by atoms with van der Waals surface area (Å²) in [7, 11) is 0. The quantitative estimate of drug-likeness (QED) is 0.841. The SMILES string of the molecule is CC(O)CN(CC(C)C(=O)O)C(=O)c1ccc(Cl)cc1. The van der Waals surface area contributed by atoms with Crippen LogP contribution in [0.1, 0.15) is 24.2 Å². The highest BCUT2D eigenvalue weighted by Crippen LogP contribution is 2.13. The van der Waals surface area contributed by atoms with Crippen LogP contribution in [0.3, 0.4) is 0 Å². The summed E-state index contributed by atoms with van der Waals surface area (Å²) in [6.07, 6.45) is -0.729. The second-order valence-electron chi connectivity index (χ2n) is 4.81. The Labute approximate surface area is 122 Å². The van der Waals surface area contributed by atoms with Crippen LogP contribution in [0.2, 0.25) is 5.02 Å². The third kappa shape index (κ3) is 4.83. The van der Waals surface area contributed by atoms with Crippen LogP contribution in [0, 0.1) is 5.92 Å². The number of amides is 1. The standard InChI is InChI=1S/C14H18ClNO4/c1-9(14(19)20)7-16(8-10(2)17)13(18)11-3-5-12(15)6-4-11/h3-6,9-10,17H,7-8H2,1-2H3,(H,19,20). The molecule has 0 heterocycles. The molecule has 0 aliphatic carbocycles. The highest BCUT2D eigenvalue weighted by atomic mass is 35.5. The van der Waals surface area contributed by atoms with E-state index in [0.29, 0.717) is 10.6 Å². The summed E-state index contributed by atoms with van der Waals surface area (Å²) in [4.78, 5) is 24.6. The van der Waals surface area contributed by atoms with Gasteiger partial charge < -0.3 is 15.1 Å². The monoisotopic (exact) mass is 299 g/mol. The summed E-state index contributed by atoms with van der Waals surface area (Å²) in [5.74, 6) is -2.01. The molecule has 0 fully saturated rings. The van der Waals surface area contributed by atoms with E-state index in [1.807, 2.05) is 0 Å². The largest absolute Gasteiger partial charge is 0.481 e. The average Bonchev–Trinajstić information content (AvgIpc) is 2.37. The van der Waals surface area contributed by atoms with Crippen molar-refractivity contribution < 1.29 is 19.8 Å². The van der Waals surface area contributed by atoms with E-state index in [-0.39, 0.29) is 19.0 Å². The minimum Gasteiger partial charge on any atom is -0.481 e. The van der Waals surface area contributed by atoms with Crippen molar-refractivity contribution in [1.29, 1.82) is 0 Å². The third-order valence-corrected chi connectivity index (χ3v) is 3.03. The number of hydrogen-bond acceptors (Lipinski definition) is 3. The Morgan fingerprint density at radius 2 is 1.75 bits per heavy atom. The van der Waals surface area contributed by atoms with Crippen molar-refractivity contribution in [3.8, 4) is 0 Å². The average molecular weight is 300 g/mol. The molecule has 0 aliphatic rings. The molecule has 0 saturated carbocycles. The molecule has 0 aliphatic heterocycles. The highest BCUT2D eigenvalue weighted by Gasteiger charge is 2.22. The number of benzene rings is 1. The van der Waals surface area contributed by atoms with Crippen LogP contribution in [0.4, 0.5) is 0 Å². The zero-order valence-electron chi connectivity index (χ0n) is 11.4. The van der Waals surface area contributed by atoms with Crippen LogP contribution in [-0.2, 0) is 4.79 Å². The number of carboxylic acids is 1. The second-order valence-corrected chi connectivity index (χ2v) is 5.24. The molecule has 2 unspecified atom stereocenters. The Hall–Kier alpha value is -1.59. The van der Waals surface area contributed by atoms with Gasteiger partial charge in [0.15, 0.2) is 0 Å². The van der Waals surface area contributed by atoms with Gasteiger partial charge in [0, 0.05) is 23.7 Å². The predicted molar refractivity (Wildman–Crippen MR) is 75.8 cm³/mol. The number of carbonyl (C=O) groups is 2. The first-order chi connectivity index (χ1) is 9.31. The van der Waals surface area contributed by atoms with Crippen molar-refractivity contribution in [2.24, 2.45) is 5.92 Å². The maximum absolute atomic E-state index is 12.3. The molecule has 2 N–H and O–H groups in total. The van der Waals surface area contributed by atoms with Crippen LogP contribution in [0.25, 0.3) is 0 Å². The fraction of sp³-hybridized carbons (Fsp3) is 0.429. The van der Waals surface area contributed by atoms with Gasteiger partial charge in [-0.3, -0.25) is 9.59 Å². The smallest absolute Gasteiger partial charge is 0.308 e. The van der Waals surface area contributed by atoms with E-state index in [2.05, 4.69) is 0 Å². The molecule has 1 amide bonds. The number of aliphatic hydroxyl groups excluding tert-OH is 1. The summed E-state index contributed by atoms with van der Waals surface area (Å²) < 4.78 is 0. The van der Waals surface area contributed by atoms with Crippen molar-refractivity contribution in [2.75, 3.05) is 13.1 Å². The Bertz CT molecular complexity index is 473. The lowest BCUT2D eigenvalue weighted by Gasteiger charge is -2.26. The Morgan fingerprint density at radius 1 is 1.20 bits per heavy atom. The second kappa shape index (κ2) is 7.26. The summed E-state index contributed by atoms with van der Waals surface area (Å²) in [6.45, 7) is 3.20. The fourth-order valence-corrected chi connectivity index (χ4v) is 1.87. The third-order valence-electron chi connectivity index (χ3n) is 2.78. The zero-order chi connectivity index (χ0) is 15.3. The number of halogens is 1. The molecule has 1 aromatic carbocycles. The van der Waals surface area contributed by atoms with Crippen molar-refractivity contribution in [3.05, 3.63) is 34.9 Å². The summed E-state index contributed by atoms with van der Waals surface area (Å²) in [6, 6.07) is 6.34. The molecule has 0 radical (unpaired) electrons. The molecule has 110 valence electrons. The molecule has 1 rings (SSSR count). The van der Waals surface area contributed by atoms with Crippen LogP contribution in [0.5, 0.6) is 0 Å². The fourth-order valence-electron chi connectivity index (χ4n) is 1.74. The molecule has 0 spiro atoms. The van der Waals surface area contributed by atoms with E-state index in [0.717, 1.165) is 0 Å². The van der Waals surface area contributed by atoms with E-state index in [1.165, 1.54) is 11.8 Å². The van der Waals surface area contributed by atoms with Gasteiger partial charge >= 0.3 is 5.97 Å². The number of aliphatic carboxylic acids is 1. The van der Waals surface area contributed by atoms with E-state index in [9.17, 15) is 14.7 Å². The van der Waals surface area contributed by atoms with Gasteiger partial charge in [-0.25, -0.2) is 0 Å². The van der Waals surface area contributed by atoms with Gasteiger partial charge in [0.25, 0.3) is 5.91 Å². The number of rotatable bonds is 6. The lowest BCUT2D eigenvalue weighted by molar-refractivity contribution is -0.141. The van der Waals surface area contributed by atoms with Crippen LogP contribution < -0.4 is 0 Å². The molecule has 0 bridgehead atoms. The van der Waals surface area contributed by atoms with Gasteiger partial charge in [0.05, 0.1) is 12.0 Å². The van der Waals surface area contributed by atoms with Gasteiger partial charge in [0.1, 0.15) is 0 Å². The first-order valence-electron chi connectivity index (χ1n) is 6.27. The van der Waals surface area contributed by atoms with Crippen molar-refractivity contribution in [2.45, 2.75) is 20.0 Å². The Balaban J connectivity index is 2.89. The topological polar surface area (TPSA) is 77.8 Å². The van der Waals surface area contributed by atoms with E-state index in [4.69, 9.17) is 16.7 Å². The maximum Gasteiger partial charge on any atom is 0.308 e. The summed E-state index contributed by atoms with van der Waals surface area (Å²) in [5, 5.41) is 18.9. The van der Waals surface area contributed by atoms with Crippen LogP contribution in [0.15, 0.2) is 24.3 Å². The molecule has 1 aromatic rings. The molecular weight excluding hydrogens is 282 g/mol. The molecule has 2 atom stereocenters. The number of hydrogen-bond donors (Lipinski definition) is 2. The molecule has 0 aromatic heterocycles. The summed E-state index contributed by atoms with van der Waals surface area (Å²) in [5.41, 5.74) is 0.410. The lowest BCUT2D eigenvalue weighted by Crippen LogP contribution is -2.40. The summed E-state index contributed by atoms with van der Waals surface area (Å²) >= 11 is 5.76. The minimum atomic E-state index is -0.982. The molecule has 6 heteroatoms. The van der Waals surface area contributed by atoms with Gasteiger partial charge in [-0.2, -0.15) is 0 Å². The zero-order valence-corrected chi connectivity index (χ0v) is 12.2. The van der Waals surface area contributed by atoms with Crippen molar-refractivity contribution in [3.63, 3.8) is 0 Å². The lowest BCUT2D eigenvalue weighted by atomic mass is 10.1. The molecule has 5 nitrogen and oxygen atoms in total. The first kappa shape index (κ1) is 16.5. The van der Waals surface area contributed by atoms with Gasteiger partial charge in [0.2, 0.25) is 0 Å². The van der Waals surface area contributed by atoms with Gasteiger partial charge in [-0.1, -0.05) is 18.5 Å². The minimum absolute atomic E-state index is 0.0433. The van der Waals surface area contributed by atoms with E-state index < -0.39 is 18.0 Å². The van der Waals surface area contributed by atoms with Crippen LogP contribution >= 0.6 is 11.6 Å². The van der Waals surface area contributed by atoms with Crippen LogP contribution in [-0.4, -0.2) is 46.2 Å². The maximum atomic E-state index is 12.3. The van der Waals surface area contributed by atoms with Crippen molar-refractivity contribution >= 4 is 23.5 Å². The first-order valence-corrected chi connectivity index (χ1v) is 6.64. The number of carboxylic acid groups (broad SMARTS) is 1. The van der Waals surface area contributed by atoms with Gasteiger partial charge in [-0.05, 0) is 31.2 Å². The normalized spacial score (nSPS) is 13.6. The van der Waals surface area contributed by atoms with Gasteiger partial charge in [-0.15, -0.1) is 0 Å². The number of carbonyl (C=O) groups excluding carboxylic acids is 1. The Kier molecular flexibility index (Phi) is 5.98. The number of aliphatic hydroxyl groups is 1. The van der Waals surface area contributed by atoms with E-state index in [1.54, 1.807) is 31.2 Å².